The Morgan fingerprint density at radius 2 is 1.80 bits per heavy atom. The molecule has 0 amide bonds. The molecule has 0 saturated heterocycles. The molecule has 0 unspecified atom stereocenters. The molecule has 5 nitrogen and oxygen atoms in total. The molecule has 5 rings (SSSR count). The smallest absolute Gasteiger partial charge is 0.303 e. The molecule has 2 N–H and O–H groups in total. The number of benzene rings is 3. The molecule has 1 saturated carbocycles. The zero-order valence-corrected chi connectivity index (χ0v) is 19.9. The Morgan fingerprint density at radius 3 is 2.43 bits per heavy atom. The molecule has 0 bridgehead atoms. The molecule has 0 aromatic heterocycles. The van der Waals surface area contributed by atoms with Crippen molar-refractivity contribution in [1.82, 2.24) is 0 Å². The first kappa shape index (κ1) is 25.8. The highest BCUT2D eigenvalue weighted by molar-refractivity contribution is 5.75. The van der Waals surface area contributed by atoms with Gasteiger partial charge in [0.1, 0.15) is 23.4 Å². The van der Waals surface area contributed by atoms with E-state index in [0.717, 1.165) is 30.4 Å². The molecule has 0 spiro atoms. The molecule has 0 radical (unpaired) electrons. The number of hydrogen-bond donors (Lipinski definition) is 2. The van der Waals surface area contributed by atoms with E-state index in [4.69, 9.17) is 14.9 Å². The quantitative estimate of drug-likeness (QED) is 0.443. The third-order valence-electron chi connectivity index (χ3n) is 5.75. The Kier molecular flexibility index (Phi) is 9.25. The van der Waals surface area contributed by atoms with Gasteiger partial charge in [0.15, 0.2) is 0 Å². The second-order valence-electron chi connectivity index (χ2n) is 8.56. The molecule has 3 aromatic carbocycles. The molecule has 0 aliphatic heterocycles. The van der Waals surface area contributed by atoms with Crippen molar-refractivity contribution >= 4 is 5.97 Å². The summed E-state index contributed by atoms with van der Waals surface area (Å²) in [7, 11) is 1.55. The number of phenols is 1. The number of nitrogens with zero attached hydrogens (tertiary/aromatic N) is 1. The number of carboxylic acids is 1. The average molecular weight is 476 g/mol. The van der Waals surface area contributed by atoms with E-state index in [0.29, 0.717) is 28.9 Å². The number of ether oxygens (including phenoxy) is 1. The lowest BCUT2D eigenvalue weighted by atomic mass is 9.93. The van der Waals surface area contributed by atoms with E-state index in [9.17, 15) is 14.4 Å². The first-order chi connectivity index (χ1) is 16.9. The fourth-order valence-electron chi connectivity index (χ4n) is 3.82. The van der Waals surface area contributed by atoms with Crippen LogP contribution in [0.3, 0.4) is 0 Å². The van der Waals surface area contributed by atoms with Crippen molar-refractivity contribution < 1.29 is 24.1 Å². The summed E-state index contributed by atoms with van der Waals surface area (Å²) in [5.41, 5.74) is 4.82. The molecule has 6 heteroatoms. The summed E-state index contributed by atoms with van der Waals surface area (Å²) >= 11 is 0. The molecule has 1 fully saturated rings. The zero-order chi connectivity index (χ0) is 25.2. The highest BCUT2D eigenvalue weighted by atomic mass is 19.1. The Balaban J connectivity index is 0.000000193. The number of carboxylic acid groups (broad SMARTS) is 1. The molecular weight excluding hydrogens is 445 g/mol. The van der Waals surface area contributed by atoms with Crippen LogP contribution in [0.25, 0.3) is 11.1 Å². The molecule has 2 aliphatic carbocycles. The normalized spacial score (nSPS) is 12.7. The van der Waals surface area contributed by atoms with E-state index in [1.54, 1.807) is 43.5 Å². The van der Waals surface area contributed by atoms with E-state index in [2.05, 4.69) is 6.07 Å². The summed E-state index contributed by atoms with van der Waals surface area (Å²) in [4.78, 5) is 10.2. The molecule has 3 aromatic rings. The van der Waals surface area contributed by atoms with Crippen LogP contribution in [-0.2, 0) is 24.1 Å². The molecule has 2 aliphatic rings. The van der Waals surface area contributed by atoms with Gasteiger partial charge in [-0.15, -0.1) is 0 Å². The Labute approximate surface area is 205 Å². The molecule has 35 heavy (non-hydrogen) atoms. The summed E-state index contributed by atoms with van der Waals surface area (Å²) < 4.78 is 19.2. The first-order valence-corrected chi connectivity index (χ1v) is 11.8. The summed E-state index contributed by atoms with van der Waals surface area (Å²) in [6, 6.07) is 17.3. The van der Waals surface area contributed by atoms with Crippen molar-refractivity contribution in [2.75, 3.05) is 7.11 Å². The minimum Gasteiger partial charge on any atom is -0.508 e. The number of aliphatic carboxylic acids is 1. The number of carbonyl (C=O) groups is 1. The maximum absolute atomic E-state index is 14.1. The van der Waals surface area contributed by atoms with Crippen LogP contribution in [0.4, 0.5) is 4.39 Å². The van der Waals surface area contributed by atoms with Gasteiger partial charge in [0.25, 0.3) is 0 Å². The lowest BCUT2D eigenvalue weighted by Gasteiger charge is -2.11. The van der Waals surface area contributed by atoms with Crippen LogP contribution in [0.15, 0.2) is 54.6 Å². The van der Waals surface area contributed by atoms with Crippen molar-refractivity contribution in [3.63, 3.8) is 0 Å². The lowest BCUT2D eigenvalue weighted by molar-refractivity contribution is -0.136. The highest BCUT2D eigenvalue weighted by Gasteiger charge is 2.20. The predicted octanol–water partition coefficient (Wildman–Crippen LogP) is 6.44. The SMILES string of the molecule is C1CC1.COc1ccc(F)c(-c2ccc3c(c2C#N)CCC3)c1.O=C(O)CCc1cccc(O)c1. The zero-order valence-electron chi connectivity index (χ0n) is 19.9. The third-order valence-corrected chi connectivity index (χ3v) is 5.75. The fourth-order valence-corrected chi connectivity index (χ4v) is 3.82. The second kappa shape index (κ2) is 12.6. The monoisotopic (exact) mass is 475 g/mol. The highest BCUT2D eigenvalue weighted by Crippen LogP contribution is 2.35. The van der Waals surface area contributed by atoms with Gasteiger partial charge >= 0.3 is 5.97 Å². The number of phenolic OH excluding ortho intramolecular Hbond substituents is 1. The summed E-state index contributed by atoms with van der Waals surface area (Å²) in [5, 5.41) is 26.9. The van der Waals surface area contributed by atoms with Crippen molar-refractivity contribution in [1.29, 1.82) is 5.26 Å². The summed E-state index contributed by atoms with van der Waals surface area (Å²) in [6.45, 7) is 0. The summed E-state index contributed by atoms with van der Waals surface area (Å²) in [6.07, 6.45) is 8.03. The van der Waals surface area contributed by atoms with E-state index in [1.165, 1.54) is 30.9 Å². The first-order valence-electron chi connectivity index (χ1n) is 11.8. The van der Waals surface area contributed by atoms with Crippen LogP contribution in [-0.4, -0.2) is 23.3 Å². The minimum absolute atomic E-state index is 0.101. The van der Waals surface area contributed by atoms with Gasteiger partial charge in [-0.25, -0.2) is 4.39 Å². The van der Waals surface area contributed by atoms with Gasteiger partial charge in [0.05, 0.1) is 12.7 Å². The number of aryl methyl sites for hydroxylation is 2. The van der Waals surface area contributed by atoms with E-state index in [-0.39, 0.29) is 18.0 Å². The standard InChI is InChI=1S/C17H14FNO.C9H10O3.C3H6/c1-20-12-6-8-17(18)15(9-12)14-7-5-11-3-2-4-13(11)16(14)10-19;10-8-3-1-2-7(6-8)4-5-9(11)12;1-2-3-1/h5-9H,2-4H2,1H3;1-3,6,10H,4-5H2,(H,11,12);1-3H2. The van der Waals surface area contributed by atoms with Crippen LogP contribution in [0.1, 0.15) is 54.4 Å². The van der Waals surface area contributed by atoms with Crippen molar-refractivity contribution in [2.45, 2.75) is 51.4 Å². The van der Waals surface area contributed by atoms with Crippen LogP contribution >= 0.6 is 0 Å². The van der Waals surface area contributed by atoms with Gasteiger partial charge in [-0.05, 0) is 72.7 Å². The van der Waals surface area contributed by atoms with Gasteiger partial charge < -0.3 is 14.9 Å². The van der Waals surface area contributed by atoms with Gasteiger partial charge in [-0.1, -0.05) is 43.5 Å². The molecular formula is C29H30FNO4. The average Bonchev–Trinajstić information content (AvgIpc) is 3.67. The van der Waals surface area contributed by atoms with Crippen LogP contribution in [0.5, 0.6) is 11.5 Å². The van der Waals surface area contributed by atoms with Gasteiger partial charge in [-0.2, -0.15) is 5.26 Å². The van der Waals surface area contributed by atoms with Crippen molar-refractivity contribution in [3.8, 4) is 28.7 Å². The minimum atomic E-state index is -0.821. The van der Waals surface area contributed by atoms with Gasteiger partial charge in [-0.3, -0.25) is 4.79 Å². The largest absolute Gasteiger partial charge is 0.508 e. The Morgan fingerprint density at radius 1 is 1.03 bits per heavy atom. The van der Waals surface area contributed by atoms with Crippen LogP contribution in [0, 0.1) is 17.1 Å². The maximum Gasteiger partial charge on any atom is 0.303 e. The molecule has 0 atom stereocenters. The number of hydrogen-bond acceptors (Lipinski definition) is 4. The third kappa shape index (κ3) is 7.58. The molecule has 0 heterocycles. The number of rotatable bonds is 5. The second-order valence-corrected chi connectivity index (χ2v) is 8.56. The van der Waals surface area contributed by atoms with E-state index < -0.39 is 5.97 Å². The van der Waals surface area contributed by atoms with E-state index >= 15 is 0 Å². The van der Waals surface area contributed by atoms with Crippen molar-refractivity contribution in [2.24, 2.45) is 0 Å². The lowest BCUT2D eigenvalue weighted by Crippen LogP contribution is -1.96. The number of aromatic hydroxyl groups is 1. The number of fused-ring (bicyclic) bond motifs is 1. The van der Waals surface area contributed by atoms with E-state index in [1.807, 2.05) is 12.1 Å². The van der Waals surface area contributed by atoms with Gasteiger partial charge in [0, 0.05) is 17.5 Å². The fraction of sp³-hybridized carbons (Fsp3) is 0.310. The number of halogens is 1. The Hall–Kier alpha value is -3.85. The van der Waals surface area contributed by atoms with Crippen LogP contribution < -0.4 is 4.74 Å². The molecule has 182 valence electrons. The number of methoxy groups -OCH3 is 1. The van der Waals surface area contributed by atoms with Crippen LogP contribution in [0.2, 0.25) is 0 Å². The summed E-state index contributed by atoms with van der Waals surface area (Å²) in [5.74, 6) is -0.387. The van der Waals surface area contributed by atoms with Crippen molar-refractivity contribution in [3.05, 3.63) is 82.7 Å². The van der Waals surface area contributed by atoms with Gasteiger partial charge in [0.2, 0.25) is 0 Å². The number of nitriles is 1. The Bertz CT molecular complexity index is 1210. The topological polar surface area (TPSA) is 90.5 Å². The predicted molar refractivity (Wildman–Crippen MR) is 133 cm³/mol. The maximum atomic E-state index is 14.1.